The fourth-order valence-corrected chi connectivity index (χ4v) is 2.03. The first-order chi connectivity index (χ1) is 7.95. The topological polar surface area (TPSA) is 36.4 Å². The first kappa shape index (κ1) is 14.3. The summed E-state index contributed by atoms with van der Waals surface area (Å²) in [5, 5.41) is 0.535. The molecule has 0 aromatic carbocycles. The average Bonchev–Trinajstić information content (AvgIpc) is 2.26. The van der Waals surface area contributed by atoms with Gasteiger partial charge < -0.3 is 9.80 Å². The Bertz CT molecular complexity index is 412. The molecule has 0 radical (unpaired) electrons. The SMILES string of the molecule is CCN(CC(=O)N(C)C)c1ncc(Br)cc1Cl. The molecule has 0 unspecified atom stereocenters. The summed E-state index contributed by atoms with van der Waals surface area (Å²) in [4.78, 5) is 19.3. The maximum atomic E-state index is 11.7. The molecule has 1 rings (SSSR count). The third-order valence-corrected chi connectivity index (χ3v) is 3.01. The molecule has 4 nitrogen and oxygen atoms in total. The second kappa shape index (κ2) is 6.21. The first-order valence-corrected chi connectivity index (χ1v) is 6.39. The average molecular weight is 321 g/mol. The summed E-state index contributed by atoms with van der Waals surface area (Å²) in [5.74, 6) is 0.653. The third kappa shape index (κ3) is 3.85. The molecule has 94 valence electrons. The van der Waals surface area contributed by atoms with Crippen LogP contribution in [0.15, 0.2) is 16.7 Å². The van der Waals surface area contributed by atoms with Crippen molar-refractivity contribution in [3.63, 3.8) is 0 Å². The number of carbonyl (C=O) groups excluding carboxylic acids is 1. The van der Waals surface area contributed by atoms with Crippen molar-refractivity contribution < 1.29 is 4.79 Å². The summed E-state index contributed by atoms with van der Waals surface area (Å²) >= 11 is 9.41. The minimum atomic E-state index is 0.0210. The maximum Gasteiger partial charge on any atom is 0.241 e. The van der Waals surface area contributed by atoms with Crippen LogP contribution >= 0.6 is 27.5 Å². The Hall–Kier alpha value is -0.810. The van der Waals surface area contributed by atoms with E-state index in [1.807, 2.05) is 11.8 Å². The standard InChI is InChI=1S/C11H15BrClN3O/c1-4-16(7-10(17)15(2)3)11-9(13)5-8(12)6-14-11/h5-6H,4,7H2,1-3H3. The third-order valence-electron chi connectivity index (χ3n) is 2.29. The van der Waals surface area contributed by atoms with E-state index in [2.05, 4.69) is 20.9 Å². The fraction of sp³-hybridized carbons (Fsp3) is 0.455. The summed E-state index contributed by atoms with van der Waals surface area (Å²) in [6, 6.07) is 1.77. The van der Waals surface area contributed by atoms with Crippen molar-refractivity contribution in [2.24, 2.45) is 0 Å². The summed E-state index contributed by atoms with van der Waals surface area (Å²) in [7, 11) is 3.46. The van der Waals surface area contributed by atoms with Crippen LogP contribution in [0.25, 0.3) is 0 Å². The van der Waals surface area contributed by atoms with E-state index in [4.69, 9.17) is 11.6 Å². The number of pyridine rings is 1. The zero-order valence-corrected chi connectivity index (χ0v) is 12.4. The molecule has 6 heteroatoms. The Balaban J connectivity index is 2.90. The van der Waals surface area contributed by atoms with E-state index in [-0.39, 0.29) is 12.5 Å². The molecule has 0 bridgehead atoms. The number of amides is 1. The normalized spacial score (nSPS) is 10.2. The molecule has 1 amide bonds. The van der Waals surface area contributed by atoms with E-state index >= 15 is 0 Å². The molecule has 0 saturated heterocycles. The molecule has 1 aromatic rings. The van der Waals surface area contributed by atoms with Gasteiger partial charge in [0.1, 0.15) is 5.82 Å². The summed E-state index contributed by atoms with van der Waals surface area (Å²) < 4.78 is 0.821. The molecule has 1 aromatic heterocycles. The number of aromatic nitrogens is 1. The van der Waals surface area contributed by atoms with Gasteiger partial charge in [-0.05, 0) is 28.9 Å². The largest absolute Gasteiger partial charge is 0.347 e. The van der Waals surface area contributed by atoms with Crippen molar-refractivity contribution in [2.75, 3.05) is 32.1 Å². The minimum Gasteiger partial charge on any atom is -0.347 e. The van der Waals surface area contributed by atoms with Gasteiger partial charge in [0.15, 0.2) is 0 Å². The number of hydrogen-bond acceptors (Lipinski definition) is 3. The van der Waals surface area contributed by atoms with Crippen molar-refractivity contribution in [3.05, 3.63) is 21.8 Å². The van der Waals surface area contributed by atoms with Crippen LogP contribution in [0.1, 0.15) is 6.92 Å². The van der Waals surface area contributed by atoms with E-state index in [0.29, 0.717) is 17.4 Å². The molecule has 0 atom stereocenters. The Morgan fingerprint density at radius 1 is 1.53 bits per heavy atom. The second-order valence-electron chi connectivity index (χ2n) is 3.76. The highest BCUT2D eigenvalue weighted by atomic mass is 79.9. The van der Waals surface area contributed by atoms with E-state index in [1.165, 1.54) is 0 Å². The van der Waals surface area contributed by atoms with Gasteiger partial charge in [0.2, 0.25) is 5.91 Å². The van der Waals surface area contributed by atoms with E-state index in [0.717, 1.165) is 4.47 Å². The molecular formula is C11H15BrClN3O. The molecule has 0 saturated carbocycles. The molecule has 0 N–H and O–H groups in total. The highest BCUT2D eigenvalue weighted by Gasteiger charge is 2.15. The van der Waals surface area contributed by atoms with Gasteiger partial charge in [-0.3, -0.25) is 4.79 Å². The Morgan fingerprint density at radius 2 is 2.18 bits per heavy atom. The van der Waals surface area contributed by atoms with Gasteiger partial charge >= 0.3 is 0 Å². The van der Waals surface area contributed by atoms with Crippen LogP contribution in [0.2, 0.25) is 5.02 Å². The predicted molar refractivity (Wildman–Crippen MR) is 73.5 cm³/mol. The van der Waals surface area contributed by atoms with Gasteiger partial charge in [0.05, 0.1) is 11.6 Å². The highest BCUT2D eigenvalue weighted by molar-refractivity contribution is 9.10. The van der Waals surface area contributed by atoms with Crippen LogP contribution in [0.4, 0.5) is 5.82 Å². The van der Waals surface area contributed by atoms with Gasteiger partial charge in [-0.1, -0.05) is 11.6 Å². The summed E-state index contributed by atoms with van der Waals surface area (Å²) in [6.45, 7) is 2.91. The number of anilines is 1. The van der Waals surface area contributed by atoms with Crippen molar-refractivity contribution in [1.82, 2.24) is 9.88 Å². The number of nitrogens with zero attached hydrogens (tertiary/aromatic N) is 3. The fourth-order valence-electron chi connectivity index (χ4n) is 1.28. The number of halogens is 2. The van der Waals surface area contributed by atoms with Gasteiger partial charge in [-0.25, -0.2) is 4.98 Å². The van der Waals surface area contributed by atoms with Crippen LogP contribution in [-0.4, -0.2) is 43.0 Å². The smallest absolute Gasteiger partial charge is 0.241 e. The lowest BCUT2D eigenvalue weighted by molar-refractivity contribution is -0.127. The first-order valence-electron chi connectivity index (χ1n) is 5.21. The monoisotopic (exact) mass is 319 g/mol. The van der Waals surface area contributed by atoms with Crippen molar-refractivity contribution in [2.45, 2.75) is 6.92 Å². The molecule has 0 aliphatic heterocycles. The Morgan fingerprint density at radius 3 is 2.65 bits per heavy atom. The van der Waals surface area contributed by atoms with Crippen molar-refractivity contribution in [3.8, 4) is 0 Å². The lowest BCUT2D eigenvalue weighted by atomic mass is 10.4. The quantitative estimate of drug-likeness (QED) is 0.855. The van der Waals surface area contributed by atoms with Crippen molar-refractivity contribution >= 4 is 39.3 Å². The number of likely N-dealkylation sites (N-methyl/N-ethyl adjacent to an activating group) is 2. The molecule has 17 heavy (non-hydrogen) atoms. The molecule has 0 fully saturated rings. The lowest BCUT2D eigenvalue weighted by Crippen LogP contribution is -2.37. The highest BCUT2D eigenvalue weighted by Crippen LogP contribution is 2.25. The Kier molecular flexibility index (Phi) is 5.21. The number of carbonyl (C=O) groups is 1. The molecule has 0 spiro atoms. The van der Waals surface area contributed by atoms with Crippen molar-refractivity contribution in [1.29, 1.82) is 0 Å². The van der Waals surface area contributed by atoms with E-state index in [1.54, 1.807) is 31.3 Å². The molecule has 0 aliphatic carbocycles. The van der Waals surface area contributed by atoms with Gasteiger partial charge in [0, 0.05) is 31.3 Å². The van der Waals surface area contributed by atoms with Gasteiger partial charge in [-0.2, -0.15) is 0 Å². The second-order valence-corrected chi connectivity index (χ2v) is 5.08. The number of rotatable bonds is 4. The molecule has 0 aliphatic rings. The molecule has 1 heterocycles. The summed E-state index contributed by atoms with van der Waals surface area (Å²) in [5.41, 5.74) is 0. The van der Waals surface area contributed by atoms with E-state index < -0.39 is 0 Å². The predicted octanol–water partition coefficient (Wildman–Crippen LogP) is 2.41. The van der Waals surface area contributed by atoms with Crippen LogP contribution in [0, 0.1) is 0 Å². The van der Waals surface area contributed by atoms with Crippen LogP contribution < -0.4 is 4.90 Å². The van der Waals surface area contributed by atoms with Crippen LogP contribution in [0.3, 0.4) is 0 Å². The van der Waals surface area contributed by atoms with Crippen LogP contribution in [0.5, 0.6) is 0 Å². The maximum absolute atomic E-state index is 11.7. The zero-order valence-electron chi connectivity index (χ0n) is 10.1. The van der Waals surface area contributed by atoms with Gasteiger partial charge in [0.25, 0.3) is 0 Å². The van der Waals surface area contributed by atoms with E-state index in [9.17, 15) is 4.79 Å². The lowest BCUT2D eigenvalue weighted by Gasteiger charge is -2.24. The zero-order chi connectivity index (χ0) is 13.0. The minimum absolute atomic E-state index is 0.0210. The van der Waals surface area contributed by atoms with Crippen LogP contribution in [-0.2, 0) is 4.79 Å². The Labute approximate surface area is 115 Å². The summed E-state index contributed by atoms with van der Waals surface area (Å²) in [6.07, 6.45) is 1.67. The van der Waals surface area contributed by atoms with Gasteiger partial charge in [-0.15, -0.1) is 0 Å². The number of hydrogen-bond donors (Lipinski definition) is 0. The molecular weight excluding hydrogens is 305 g/mol.